The van der Waals surface area contributed by atoms with Gasteiger partial charge in [0.2, 0.25) is 0 Å². The number of nitrogens with one attached hydrogen (secondary N) is 1. The summed E-state index contributed by atoms with van der Waals surface area (Å²) in [6, 6.07) is 20.7. The quantitative estimate of drug-likeness (QED) is 0.425. The molecule has 7 nitrogen and oxygen atoms in total. The molecule has 0 aliphatic carbocycles. The lowest BCUT2D eigenvalue weighted by atomic mass is 9.96. The van der Waals surface area contributed by atoms with E-state index in [0.717, 1.165) is 12.0 Å². The molecule has 0 aliphatic rings. The van der Waals surface area contributed by atoms with Gasteiger partial charge in [-0.2, -0.15) is 0 Å². The first kappa shape index (κ1) is 26.1. The van der Waals surface area contributed by atoms with Gasteiger partial charge in [0.05, 0.1) is 30.8 Å². The molecule has 0 aliphatic heterocycles. The van der Waals surface area contributed by atoms with Gasteiger partial charge in [-0.1, -0.05) is 44.2 Å². The predicted molar refractivity (Wildman–Crippen MR) is 138 cm³/mol. The molecule has 35 heavy (non-hydrogen) atoms. The number of anilines is 1. The fourth-order valence-electron chi connectivity index (χ4n) is 3.77. The standard InChI is InChI=1S/C27H32N2O5S/c1-19(2)17-24(20-9-7-6-8-10-20)28-27(30)21-11-13-22(14-12-21)29(3)35(31,32)23-15-16-25(33-4)26(18-23)34-5/h6-16,18-19,24H,17H2,1-5H3,(H,28,30)/t24-/m1/s1. The van der Waals surface area contributed by atoms with Gasteiger partial charge < -0.3 is 14.8 Å². The van der Waals surface area contributed by atoms with Crippen molar-refractivity contribution in [3.63, 3.8) is 0 Å². The summed E-state index contributed by atoms with van der Waals surface area (Å²) in [5, 5.41) is 3.11. The van der Waals surface area contributed by atoms with Crippen LogP contribution in [0.4, 0.5) is 5.69 Å². The van der Waals surface area contributed by atoms with Gasteiger partial charge in [0.25, 0.3) is 15.9 Å². The number of benzene rings is 3. The lowest BCUT2D eigenvalue weighted by molar-refractivity contribution is 0.0932. The minimum atomic E-state index is -3.85. The van der Waals surface area contributed by atoms with Gasteiger partial charge in [0.15, 0.2) is 11.5 Å². The van der Waals surface area contributed by atoms with E-state index in [1.165, 1.54) is 37.7 Å². The van der Waals surface area contributed by atoms with Crippen LogP contribution < -0.4 is 19.1 Å². The van der Waals surface area contributed by atoms with Crippen molar-refractivity contribution in [2.75, 3.05) is 25.6 Å². The maximum atomic E-state index is 13.2. The van der Waals surface area contributed by atoms with E-state index >= 15 is 0 Å². The summed E-state index contributed by atoms with van der Waals surface area (Å²) in [7, 11) is 0.550. The highest BCUT2D eigenvalue weighted by Crippen LogP contribution is 2.31. The van der Waals surface area contributed by atoms with Gasteiger partial charge in [-0.15, -0.1) is 0 Å². The maximum absolute atomic E-state index is 13.2. The lowest BCUT2D eigenvalue weighted by Crippen LogP contribution is -2.30. The van der Waals surface area contributed by atoms with Crippen molar-refractivity contribution in [1.82, 2.24) is 5.32 Å². The highest BCUT2D eigenvalue weighted by molar-refractivity contribution is 7.92. The summed E-state index contributed by atoms with van der Waals surface area (Å²) in [6.07, 6.45) is 0.806. The predicted octanol–water partition coefficient (Wildman–Crippen LogP) is 5.05. The normalized spacial score (nSPS) is 12.2. The monoisotopic (exact) mass is 496 g/mol. The second kappa shape index (κ2) is 11.3. The molecule has 186 valence electrons. The number of nitrogens with zero attached hydrogens (tertiary/aromatic N) is 1. The fraction of sp³-hybridized carbons (Fsp3) is 0.296. The second-order valence-corrected chi connectivity index (χ2v) is 10.6. The van der Waals surface area contributed by atoms with E-state index in [0.29, 0.717) is 28.7 Å². The summed E-state index contributed by atoms with van der Waals surface area (Å²) < 4.78 is 37.9. The van der Waals surface area contributed by atoms with Crippen LogP contribution in [-0.4, -0.2) is 35.6 Å². The zero-order valence-electron chi connectivity index (χ0n) is 20.7. The molecule has 1 N–H and O–H groups in total. The molecule has 0 heterocycles. The fourth-order valence-corrected chi connectivity index (χ4v) is 4.98. The van der Waals surface area contributed by atoms with E-state index in [4.69, 9.17) is 9.47 Å². The molecule has 0 bridgehead atoms. The zero-order chi connectivity index (χ0) is 25.6. The number of hydrogen-bond donors (Lipinski definition) is 1. The molecule has 0 fully saturated rings. The lowest BCUT2D eigenvalue weighted by Gasteiger charge is -2.22. The number of sulfonamides is 1. The Labute approximate surface area is 207 Å². The smallest absolute Gasteiger partial charge is 0.264 e. The van der Waals surface area contributed by atoms with E-state index in [2.05, 4.69) is 19.2 Å². The minimum absolute atomic E-state index is 0.0684. The van der Waals surface area contributed by atoms with E-state index in [9.17, 15) is 13.2 Å². The summed E-state index contributed by atoms with van der Waals surface area (Å²) in [5.41, 5.74) is 1.93. The number of carbonyl (C=O) groups excluding carboxylic acids is 1. The van der Waals surface area contributed by atoms with Crippen molar-refractivity contribution in [2.24, 2.45) is 5.92 Å². The Morgan fingerprint density at radius 1 is 0.914 bits per heavy atom. The molecule has 0 aromatic heterocycles. The summed E-state index contributed by atoms with van der Waals surface area (Å²) in [4.78, 5) is 13.0. The molecule has 0 saturated carbocycles. The number of methoxy groups -OCH3 is 2. The number of ether oxygens (including phenoxy) is 2. The van der Waals surface area contributed by atoms with Crippen LogP contribution in [0.15, 0.2) is 77.7 Å². The molecule has 1 amide bonds. The highest BCUT2D eigenvalue weighted by Gasteiger charge is 2.24. The van der Waals surface area contributed by atoms with E-state index in [-0.39, 0.29) is 16.8 Å². The SMILES string of the molecule is COc1ccc(S(=O)(=O)N(C)c2ccc(C(=O)N[C@H](CC(C)C)c3ccccc3)cc2)cc1OC. The third kappa shape index (κ3) is 6.14. The Morgan fingerprint density at radius 3 is 2.11 bits per heavy atom. The molecule has 1 atom stereocenters. The van der Waals surface area contributed by atoms with Crippen LogP contribution >= 0.6 is 0 Å². The van der Waals surface area contributed by atoms with Crippen LogP contribution in [0.5, 0.6) is 11.5 Å². The van der Waals surface area contributed by atoms with Crippen molar-refractivity contribution in [3.8, 4) is 11.5 Å². The van der Waals surface area contributed by atoms with Gasteiger partial charge >= 0.3 is 0 Å². The van der Waals surface area contributed by atoms with Crippen LogP contribution in [0.1, 0.15) is 42.2 Å². The third-order valence-electron chi connectivity index (χ3n) is 5.72. The van der Waals surface area contributed by atoms with Gasteiger partial charge in [0, 0.05) is 18.7 Å². The van der Waals surface area contributed by atoms with Crippen LogP contribution in [0.3, 0.4) is 0 Å². The number of hydrogen-bond acceptors (Lipinski definition) is 5. The van der Waals surface area contributed by atoms with Crippen molar-refractivity contribution in [2.45, 2.75) is 31.2 Å². The summed E-state index contributed by atoms with van der Waals surface area (Å²) >= 11 is 0. The summed E-state index contributed by atoms with van der Waals surface area (Å²) in [5.74, 6) is 0.953. The van der Waals surface area contributed by atoms with Gasteiger partial charge in [0.1, 0.15) is 0 Å². The molecular formula is C27H32N2O5S. The third-order valence-corrected chi connectivity index (χ3v) is 7.50. The van der Waals surface area contributed by atoms with Crippen LogP contribution in [0, 0.1) is 5.92 Å². The van der Waals surface area contributed by atoms with Crippen molar-refractivity contribution < 1.29 is 22.7 Å². The van der Waals surface area contributed by atoms with E-state index in [1.54, 1.807) is 30.3 Å². The van der Waals surface area contributed by atoms with Crippen molar-refractivity contribution in [1.29, 1.82) is 0 Å². The Kier molecular flexibility index (Phi) is 8.40. The van der Waals surface area contributed by atoms with E-state index in [1.807, 2.05) is 30.3 Å². The second-order valence-electron chi connectivity index (χ2n) is 8.60. The molecule has 0 radical (unpaired) electrons. The van der Waals surface area contributed by atoms with Gasteiger partial charge in [-0.05, 0) is 54.3 Å². The highest BCUT2D eigenvalue weighted by atomic mass is 32.2. The average Bonchev–Trinajstić information content (AvgIpc) is 2.87. The molecule has 0 spiro atoms. The van der Waals surface area contributed by atoms with Crippen molar-refractivity contribution >= 4 is 21.6 Å². The summed E-state index contributed by atoms with van der Waals surface area (Å²) in [6.45, 7) is 4.23. The Hall–Kier alpha value is -3.52. The molecule has 0 unspecified atom stereocenters. The molecule has 3 aromatic rings. The number of carbonyl (C=O) groups is 1. The van der Waals surface area contributed by atoms with Gasteiger partial charge in [-0.25, -0.2) is 8.42 Å². The average molecular weight is 497 g/mol. The topological polar surface area (TPSA) is 84.9 Å². The first-order chi connectivity index (χ1) is 16.7. The first-order valence-corrected chi connectivity index (χ1v) is 12.8. The zero-order valence-corrected chi connectivity index (χ0v) is 21.5. The molecule has 0 saturated heterocycles. The van der Waals surface area contributed by atoms with Crippen LogP contribution in [0.25, 0.3) is 0 Å². The largest absolute Gasteiger partial charge is 0.493 e. The number of amides is 1. The maximum Gasteiger partial charge on any atom is 0.264 e. The molecule has 8 heteroatoms. The van der Waals surface area contributed by atoms with E-state index < -0.39 is 10.0 Å². The Morgan fingerprint density at radius 2 is 1.54 bits per heavy atom. The number of rotatable bonds is 10. The first-order valence-electron chi connectivity index (χ1n) is 11.3. The van der Waals surface area contributed by atoms with Crippen molar-refractivity contribution in [3.05, 3.63) is 83.9 Å². The Bertz CT molecular complexity index is 1240. The van der Waals surface area contributed by atoms with Gasteiger partial charge in [-0.3, -0.25) is 9.10 Å². The minimum Gasteiger partial charge on any atom is -0.493 e. The van der Waals surface area contributed by atoms with Crippen LogP contribution in [-0.2, 0) is 10.0 Å². The Balaban J connectivity index is 1.79. The van der Waals surface area contributed by atoms with Crippen LogP contribution in [0.2, 0.25) is 0 Å². The molecule has 3 rings (SSSR count). The molecule has 3 aromatic carbocycles. The molecular weight excluding hydrogens is 464 g/mol.